The summed E-state index contributed by atoms with van der Waals surface area (Å²) in [7, 11) is 0. The van der Waals surface area contributed by atoms with Gasteiger partial charge in [-0.05, 0) is 34.4 Å². The van der Waals surface area contributed by atoms with Gasteiger partial charge in [-0.2, -0.15) is 0 Å². The van der Waals surface area contributed by atoms with Crippen molar-refractivity contribution in [1.82, 2.24) is 10.6 Å². The zero-order chi connectivity index (χ0) is 43.4. The van der Waals surface area contributed by atoms with Gasteiger partial charge in [0.2, 0.25) is 5.91 Å². The van der Waals surface area contributed by atoms with Crippen molar-refractivity contribution in [2.75, 3.05) is 13.2 Å². The number of nitrogens with one attached hydrogen (secondary N) is 2. The van der Waals surface area contributed by atoms with Crippen LogP contribution in [0.5, 0.6) is 0 Å². The third-order valence-electron chi connectivity index (χ3n) is 9.68. The number of benzene rings is 5. The van der Waals surface area contributed by atoms with Gasteiger partial charge in [-0.15, -0.1) is 0 Å². The molecule has 2 N–H and O–H groups in total. The number of carbonyl (C=O) groups excluding carboxylic acids is 4. The summed E-state index contributed by atoms with van der Waals surface area (Å²) in [6.07, 6.45) is -5.71. The predicted molar refractivity (Wildman–Crippen MR) is 228 cm³/mol. The molecule has 1 fully saturated rings. The number of ether oxygens (including phenoxy) is 7. The molecule has 2 amide bonds. The van der Waals surface area contributed by atoms with Crippen LogP contribution in [0, 0.1) is 0 Å². The summed E-state index contributed by atoms with van der Waals surface area (Å²) in [6.45, 7) is 3.78. The molecule has 322 valence electrons. The van der Waals surface area contributed by atoms with Crippen LogP contribution in [0.25, 0.3) is 0 Å². The highest BCUT2D eigenvalue weighted by atomic mass is 16.6. The van der Waals surface area contributed by atoms with Gasteiger partial charge in [-0.25, -0.2) is 14.4 Å². The smallest absolute Gasteiger partial charge is 0.408 e. The molecule has 0 aromatic heterocycles. The number of hydrogen-bond donors (Lipinski definition) is 2. The molecule has 62 heavy (non-hydrogen) atoms. The third kappa shape index (κ3) is 14.0. The normalized spacial score (nSPS) is 18.7. The van der Waals surface area contributed by atoms with Crippen molar-refractivity contribution in [1.29, 1.82) is 0 Å². The summed E-state index contributed by atoms with van der Waals surface area (Å²) in [5, 5.41) is 5.26. The first-order valence-electron chi connectivity index (χ1n) is 20.2. The third-order valence-corrected chi connectivity index (χ3v) is 9.68. The lowest BCUT2D eigenvalue weighted by molar-refractivity contribution is -0.265. The Morgan fingerprint density at radius 3 is 1.66 bits per heavy atom. The van der Waals surface area contributed by atoms with Crippen LogP contribution in [0.1, 0.15) is 39.0 Å². The molecule has 1 aliphatic heterocycles. The van der Waals surface area contributed by atoms with Crippen molar-refractivity contribution < 1.29 is 52.3 Å². The Morgan fingerprint density at radius 2 is 1.11 bits per heavy atom. The first kappa shape index (κ1) is 44.9. The molecular formula is C49H50N2O11. The van der Waals surface area contributed by atoms with E-state index in [4.69, 9.17) is 33.2 Å². The lowest BCUT2D eigenvalue weighted by Crippen LogP contribution is -2.66. The summed E-state index contributed by atoms with van der Waals surface area (Å²) in [6, 6.07) is 44.4. The van der Waals surface area contributed by atoms with Gasteiger partial charge in [0, 0.05) is 0 Å². The SMILES string of the molecule is C=CCOC(=O)[C@H](CC(=O)N[C@@H]1OC(COCc2ccccc2)[C@H](OCc2ccccc2)C(OCc2ccccc2)C1OC(=O)c1ccccc1)NC(=O)OCc1ccccc1. The standard InChI is InChI=1S/C49H50N2O11/c1-2-28-57-48(54)40(50-49(55)60-33-38-24-14-6-15-25-38)29-42(52)51-46-45(62-47(53)39-26-16-7-17-27-39)44(59-32-37-22-12-5-13-23-37)43(58-31-36-20-10-4-11-21-36)41(61-46)34-56-30-35-18-8-3-9-19-35/h2-27,40-41,43-46H,1,28-34H2,(H,50,55)(H,51,52)/t40-,41?,43-,44?,45?,46+/m0/s1. The van der Waals surface area contributed by atoms with Gasteiger partial charge in [0.05, 0.1) is 38.4 Å². The molecule has 3 unspecified atom stereocenters. The monoisotopic (exact) mass is 842 g/mol. The summed E-state index contributed by atoms with van der Waals surface area (Å²) < 4.78 is 42.9. The van der Waals surface area contributed by atoms with Gasteiger partial charge in [0.15, 0.2) is 12.3 Å². The number of amides is 2. The van der Waals surface area contributed by atoms with E-state index < -0.39 is 67.0 Å². The van der Waals surface area contributed by atoms with Crippen LogP contribution < -0.4 is 10.6 Å². The van der Waals surface area contributed by atoms with E-state index in [1.165, 1.54) is 6.08 Å². The second-order valence-electron chi connectivity index (χ2n) is 14.3. The van der Waals surface area contributed by atoms with Crippen LogP contribution in [-0.4, -0.2) is 73.8 Å². The fourth-order valence-electron chi connectivity index (χ4n) is 6.60. The maximum atomic E-state index is 14.1. The van der Waals surface area contributed by atoms with E-state index in [1.807, 2.05) is 97.1 Å². The van der Waals surface area contributed by atoms with E-state index in [1.54, 1.807) is 54.6 Å². The maximum absolute atomic E-state index is 14.1. The molecule has 5 aromatic rings. The summed E-state index contributed by atoms with van der Waals surface area (Å²) >= 11 is 0. The Kier molecular flexibility index (Phi) is 17.4. The van der Waals surface area contributed by atoms with E-state index in [2.05, 4.69) is 17.2 Å². The second-order valence-corrected chi connectivity index (χ2v) is 14.3. The largest absolute Gasteiger partial charge is 0.460 e. The van der Waals surface area contributed by atoms with Crippen LogP contribution in [0.2, 0.25) is 0 Å². The van der Waals surface area contributed by atoms with Gasteiger partial charge in [-0.3, -0.25) is 4.79 Å². The van der Waals surface area contributed by atoms with Gasteiger partial charge in [0.25, 0.3) is 0 Å². The first-order chi connectivity index (χ1) is 30.4. The summed E-state index contributed by atoms with van der Waals surface area (Å²) in [5.41, 5.74) is 3.59. The highest BCUT2D eigenvalue weighted by Crippen LogP contribution is 2.30. The lowest BCUT2D eigenvalue weighted by atomic mass is 9.96. The molecule has 6 rings (SSSR count). The Hall–Kier alpha value is -6.64. The van der Waals surface area contributed by atoms with Gasteiger partial charge >= 0.3 is 18.0 Å². The van der Waals surface area contributed by atoms with Crippen molar-refractivity contribution in [3.8, 4) is 0 Å². The number of hydrogen-bond acceptors (Lipinski definition) is 11. The number of rotatable bonds is 21. The van der Waals surface area contributed by atoms with Crippen molar-refractivity contribution in [2.24, 2.45) is 0 Å². The zero-order valence-corrected chi connectivity index (χ0v) is 34.1. The molecule has 0 bridgehead atoms. The topological polar surface area (TPSA) is 157 Å². The van der Waals surface area contributed by atoms with E-state index >= 15 is 0 Å². The Bertz CT molecular complexity index is 2140. The van der Waals surface area contributed by atoms with Crippen molar-refractivity contribution in [3.05, 3.63) is 192 Å². The Labute approximate surface area is 360 Å². The average molecular weight is 843 g/mol. The zero-order valence-electron chi connectivity index (χ0n) is 34.1. The molecule has 1 aliphatic rings. The average Bonchev–Trinajstić information content (AvgIpc) is 3.31. The minimum atomic E-state index is -1.48. The molecule has 13 nitrogen and oxygen atoms in total. The molecule has 1 saturated heterocycles. The van der Waals surface area contributed by atoms with Crippen molar-refractivity contribution in [3.63, 3.8) is 0 Å². The molecule has 13 heteroatoms. The summed E-state index contributed by atoms with van der Waals surface area (Å²) in [4.78, 5) is 54.1. The quantitative estimate of drug-likeness (QED) is 0.0452. The van der Waals surface area contributed by atoms with Crippen LogP contribution in [0.15, 0.2) is 164 Å². The van der Waals surface area contributed by atoms with E-state index in [-0.39, 0.29) is 45.2 Å². The van der Waals surface area contributed by atoms with Gasteiger partial charge in [-0.1, -0.05) is 152 Å². The lowest BCUT2D eigenvalue weighted by Gasteiger charge is -2.45. The first-order valence-corrected chi connectivity index (χ1v) is 20.2. The molecule has 6 atom stereocenters. The highest BCUT2D eigenvalue weighted by molar-refractivity contribution is 5.90. The van der Waals surface area contributed by atoms with E-state index in [0.29, 0.717) is 5.56 Å². The molecule has 0 spiro atoms. The summed E-state index contributed by atoms with van der Waals surface area (Å²) in [5.74, 6) is -2.37. The van der Waals surface area contributed by atoms with Crippen molar-refractivity contribution >= 4 is 23.9 Å². The van der Waals surface area contributed by atoms with Gasteiger partial charge in [0.1, 0.15) is 37.6 Å². The van der Waals surface area contributed by atoms with Crippen LogP contribution in [0.4, 0.5) is 4.79 Å². The fourth-order valence-corrected chi connectivity index (χ4v) is 6.60. The molecule has 1 heterocycles. The Morgan fingerprint density at radius 1 is 0.613 bits per heavy atom. The number of carbonyl (C=O) groups is 4. The van der Waals surface area contributed by atoms with Gasteiger partial charge < -0.3 is 43.8 Å². The van der Waals surface area contributed by atoms with Crippen molar-refractivity contribution in [2.45, 2.75) is 69.5 Å². The highest BCUT2D eigenvalue weighted by Gasteiger charge is 2.50. The van der Waals surface area contributed by atoms with E-state index in [9.17, 15) is 19.2 Å². The van der Waals surface area contributed by atoms with Crippen LogP contribution in [-0.2, 0) is 69.2 Å². The molecule has 0 aliphatic carbocycles. The molecule has 0 saturated carbocycles. The molecule has 5 aromatic carbocycles. The minimum absolute atomic E-state index is 0.0173. The Balaban J connectivity index is 1.30. The predicted octanol–water partition coefficient (Wildman–Crippen LogP) is 6.86. The molecular weight excluding hydrogens is 793 g/mol. The van der Waals surface area contributed by atoms with Crippen LogP contribution >= 0.6 is 0 Å². The van der Waals surface area contributed by atoms with E-state index in [0.717, 1.165) is 16.7 Å². The second kappa shape index (κ2) is 24.0. The molecule has 0 radical (unpaired) electrons. The number of alkyl carbamates (subject to hydrolysis) is 1. The fraction of sp³-hybridized carbons (Fsp3) is 0.265. The van der Waals surface area contributed by atoms with Crippen LogP contribution in [0.3, 0.4) is 0 Å². The number of esters is 2. The maximum Gasteiger partial charge on any atom is 0.408 e. The minimum Gasteiger partial charge on any atom is -0.460 e.